The lowest BCUT2D eigenvalue weighted by Crippen LogP contribution is -2.52. The number of aliphatic hydroxyl groups is 2. The molecule has 1 atom stereocenters. The molecule has 2 aromatic carbocycles. The van der Waals surface area contributed by atoms with Crippen molar-refractivity contribution in [3.63, 3.8) is 0 Å². The number of amides is 3. The number of hydrazine groups is 1. The number of imide groups is 1. The van der Waals surface area contributed by atoms with E-state index in [9.17, 15) is 23.9 Å². The Labute approximate surface area is 206 Å². The van der Waals surface area contributed by atoms with E-state index in [-0.39, 0.29) is 25.3 Å². The van der Waals surface area contributed by atoms with Gasteiger partial charge in [0.15, 0.2) is 6.10 Å². The Morgan fingerprint density at radius 3 is 2.25 bits per heavy atom. The first-order valence-corrected chi connectivity index (χ1v) is 11.3. The highest BCUT2D eigenvalue weighted by atomic mass is 19.1. The quantitative estimate of drug-likeness (QED) is 0.227. The summed E-state index contributed by atoms with van der Waals surface area (Å²) in [6, 6.07) is 10.9. The van der Waals surface area contributed by atoms with Gasteiger partial charge < -0.3 is 25.7 Å². The van der Waals surface area contributed by atoms with Crippen LogP contribution in [-0.2, 0) is 4.79 Å². The molecule has 190 valence electrons. The predicted octanol–water partition coefficient (Wildman–Crippen LogP) is -0.396. The van der Waals surface area contributed by atoms with Gasteiger partial charge in [-0.05, 0) is 24.3 Å². The van der Waals surface area contributed by atoms with Crippen LogP contribution in [0.3, 0.4) is 0 Å². The number of nitrogens with zero attached hydrogens (tertiary/aromatic N) is 4. The van der Waals surface area contributed by atoms with Crippen molar-refractivity contribution in [3.05, 3.63) is 71.3 Å². The number of rotatable bonds is 7. The number of carbonyl (C=O) groups excluding carboxylic acids is 3. The number of piperazine rings is 1. The Balaban J connectivity index is 1.39. The highest BCUT2D eigenvalue weighted by molar-refractivity contribution is 6.21. The normalized spacial score (nSPS) is 16.9. The molecule has 2 aliphatic heterocycles. The third-order valence-electron chi connectivity index (χ3n) is 6.14. The number of benzene rings is 2. The lowest BCUT2D eigenvalue weighted by atomic mass is 10.1. The van der Waals surface area contributed by atoms with Gasteiger partial charge in [-0.15, -0.1) is 0 Å². The number of anilines is 2. The molecule has 0 aliphatic carbocycles. The van der Waals surface area contributed by atoms with Crippen LogP contribution in [0.4, 0.5) is 15.8 Å². The first kappa shape index (κ1) is 25.1. The van der Waals surface area contributed by atoms with Crippen LogP contribution in [0.15, 0.2) is 54.4 Å². The van der Waals surface area contributed by atoms with Crippen molar-refractivity contribution in [2.24, 2.45) is 11.6 Å². The van der Waals surface area contributed by atoms with Gasteiger partial charge in [-0.25, -0.2) is 10.2 Å². The molecule has 0 bridgehead atoms. The van der Waals surface area contributed by atoms with Gasteiger partial charge in [-0.1, -0.05) is 12.1 Å². The molecule has 0 saturated carbocycles. The van der Waals surface area contributed by atoms with Crippen molar-refractivity contribution in [1.29, 1.82) is 0 Å². The fourth-order valence-electron chi connectivity index (χ4n) is 4.23. The number of nitrogens with two attached hydrogens (primary N) is 2. The van der Waals surface area contributed by atoms with E-state index in [0.717, 1.165) is 9.91 Å². The summed E-state index contributed by atoms with van der Waals surface area (Å²) in [5.74, 6) is 4.05. The summed E-state index contributed by atoms with van der Waals surface area (Å²) in [5, 5.41) is 19.6. The zero-order valence-corrected chi connectivity index (χ0v) is 19.4. The summed E-state index contributed by atoms with van der Waals surface area (Å²) in [4.78, 5) is 41.2. The monoisotopic (exact) mass is 498 g/mol. The molecule has 2 aromatic rings. The molecule has 6 N–H and O–H groups in total. The summed E-state index contributed by atoms with van der Waals surface area (Å²) in [6.45, 7) is 0.421. The maximum atomic E-state index is 14.9. The Kier molecular flexibility index (Phi) is 7.20. The summed E-state index contributed by atoms with van der Waals surface area (Å²) < 4.78 is 14.9. The first-order valence-electron chi connectivity index (χ1n) is 11.3. The van der Waals surface area contributed by atoms with E-state index in [2.05, 4.69) is 0 Å². The summed E-state index contributed by atoms with van der Waals surface area (Å²) >= 11 is 0. The molecular formula is C24H27FN6O5. The van der Waals surface area contributed by atoms with Gasteiger partial charge in [-0.3, -0.25) is 24.3 Å². The van der Waals surface area contributed by atoms with Crippen LogP contribution < -0.4 is 21.5 Å². The smallest absolute Gasteiger partial charge is 0.261 e. The summed E-state index contributed by atoms with van der Waals surface area (Å²) in [6.07, 6.45) is -0.143. The molecule has 3 amide bonds. The van der Waals surface area contributed by atoms with Gasteiger partial charge in [0.25, 0.3) is 17.7 Å². The second-order valence-corrected chi connectivity index (χ2v) is 8.50. The SMILES string of the molecule is N/C(=C\N(N)c1ccc(N2CCN(C(=O)C(O)CO)CC2)c(F)c1)CN1C(=O)c2ccccc2C1=O. The van der Waals surface area contributed by atoms with E-state index in [1.165, 1.54) is 17.2 Å². The largest absolute Gasteiger partial charge is 0.399 e. The van der Waals surface area contributed by atoms with Gasteiger partial charge in [-0.2, -0.15) is 0 Å². The van der Waals surface area contributed by atoms with Gasteiger partial charge in [0.1, 0.15) is 5.82 Å². The van der Waals surface area contributed by atoms with Crippen LogP contribution in [0.25, 0.3) is 0 Å². The molecule has 2 heterocycles. The lowest BCUT2D eigenvalue weighted by molar-refractivity contribution is -0.142. The average molecular weight is 499 g/mol. The maximum absolute atomic E-state index is 14.9. The number of fused-ring (bicyclic) bond motifs is 1. The topological polar surface area (TPSA) is 157 Å². The van der Waals surface area contributed by atoms with Crippen molar-refractivity contribution in [2.75, 3.05) is 49.2 Å². The van der Waals surface area contributed by atoms with Crippen LogP contribution in [0.2, 0.25) is 0 Å². The lowest BCUT2D eigenvalue weighted by Gasteiger charge is -2.37. The predicted molar refractivity (Wildman–Crippen MR) is 129 cm³/mol. The molecule has 11 nitrogen and oxygen atoms in total. The van der Waals surface area contributed by atoms with E-state index in [1.54, 1.807) is 41.3 Å². The summed E-state index contributed by atoms with van der Waals surface area (Å²) in [5.41, 5.74) is 7.40. The molecule has 12 heteroatoms. The minimum atomic E-state index is -1.46. The third kappa shape index (κ3) is 4.87. The van der Waals surface area contributed by atoms with Crippen LogP contribution in [0, 0.1) is 5.82 Å². The molecule has 0 aromatic heterocycles. The van der Waals surface area contributed by atoms with E-state index in [1.807, 2.05) is 0 Å². The van der Waals surface area contributed by atoms with E-state index in [4.69, 9.17) is 16.7 Å². The standard InChI is InChI=1S/C24H27FN6O5/c25-19-11-16(5-6-20(19)28-7-9-29(10-8-28)24(36)21(33)14-32)31(27)13-15(26)12-30-22(34)17-3-1-2-4-18(17)23(30)35/h1-6,11,13,21,32-33H,7-10,12,14,26-27H2/b15-13-. The van der Waals surface area contributed by atoms with Crippen molar-refractivity contribution in [1.82, 2.24) is 9.80 Å². The van der Waals surface area contributed by atoms with Crippen molar-refractivity contribution in [2.45, 2.75) is 6.10 Å². The number of aliphatic hydroxyl groups excluding tert-OH is 2. The number of halogens is 1. The second-order valence-electron chi connectivity index (χ2n) is 8.50. The van der Waals surface area contributed by atoms with E-state index >= 15 is 0 Å². The average Bonchev–Trinajstić information content (AvgIpc) is 3.12. The van der Waals surface area contributed by atoms with E-state index in [0.29, 0.717) is 35.6 Å². The zero-order chi connectivity index (χ0) is 26.0. The molecule has 1 saturated heterocycles. The van der Waals surface area contributed by atoms with Gasteiger partial charge in [0.05, 0.1) is 35.7 Å². The first-order chi connectivity index (χ1) is 17.2. The van der Waals surface area contributed by atoms with Crippen molar-refractivity contribution >= 4 is 29.1 Å². The molecule has 0 radical (unpaired) electrons. The number of carbonyl (C=O) groups is 3. The van der Waals surface area contributed by atoms with E-state index < -0.39 is 36.2 Å². The minimum Gasteiger partial charge on any atom is -0.399 e. The Morgan fingerprint density at radius 2 is 1.69 bits per heavy atom. The molecule has 1 unspecified atom stereocenters. The molecule has 4 rings (SSSR count). The van der Waals surface area contributed by atoms with Crippen molar-refractivity contribution < 1.29 is 29.0 Å². The Hall–Kier alpha value is -4.00. The molecule has 36 heavy (non-hydrogen) atoms. The highest BCUT2D eigenvalue weighted by Gasteiger charge is 2.35. The fraction of sp³-hybridized carbons (Fsp3) is 0.292. The van der Waals surface area contributed by atoms with Crippen LogP contribution in [0.1, 0.15) is 20.7 Å². The van der Waals surface area contributed by atoms with Crippen LogP contribution in [-0.4, -0.2) is 83.2 Å². The zero-order valence-electron chi connectivity index (χ0n) is 19.4. The number of hydrogen-bond donors (Lipinski definition) is 4. The molecule has 0 spiro atoms. The molecule has 1 fully saturated rings. The van der Waals surface area contributed by atoms with Crippen LogP contribution >= 0.6 is 0 Å². The van der Waals surface area contributed by atoms with Gasteiger partial charge in [0.2, 0.25) is 0 Å². The Morgan fingerprint density at radius 1 is 1.08 bits per heavy atom. The maximum Gasteiger partial charge on any atom is 0.261 e. The second kappa shape index (κ2) is 10.3. The van der Waals surface area contributed by atoms with Gasteiger partial charge >= 0.3 is 0 Å². The van der Waals surface area contributed by atoms with Gasteiger partial charge in [0, 0.05) is 44.1 Å². The highest BCUT2D eigenvalue weighted by Crippen LogP contribution is 2.26. The number of hydrogen-bond acceptors (Lipinski definition) is 9. The minimum absolute atomic E-state index is 0.127. The van der Waals surface area contributed by atoms with Crippen molar-refractivity contribution in [3.8, 4) is 0 Å². The Bertz CT molecular complexity index is 1180. The molecular weight excluding hydrogens is 471 g/mol. The third-order valence-corrected chi connectivity index (χ3v) is 6.14. The molecule has 2 aliphatic rings. The van der Waals surface area contributed by atoms with Crippen LogP contribution in [0.5, 0.6) is 0 Å². The summed E-state index contributed by atoms with van der Waals surface area (Å²) in [7, 11) is 0. The fourth-order valence-corrected chi connectivity index (χ4v) is 4.23.